The Hall–Kier alpha value is -4.87. The summed E-state index contributed by atoms with van der Waals surface area (Å²) in [4.78, 5) is 44.2. The molecule has 306 valence electrons. The van der Waals surface area contributed by atoms with Gasteiger partial charge in [-0.1, -0.05) is 20.4 Å². The Morgan fingerprint density at radius 3 is 2.53 bits per heavy atom. The highest BCUT2D eigenvalue weighted by molar-refractivity contribution is 6.04. The third-order valence-corrected chi connectivity index (χ3v) is 12.1. The van der Waals surface area contributed by atoms with E-state index in [1.807, 2.05) is 9.80 Å². The van der Waals surface area contributed by atoms with E-state index in [1.54, 1.807) is 18.7 Å². The molecule has 4 saturated heterocycles. The molecular weight excluding hydrogens is 760 g/mol. The number of nitrogens with zero attached hydrogens (tertiary/aromatic N) is 6. The highest BCUT2D eigenvalue weighted by Gasteiger charge is 2.53. The Labute approximate surface area is 324 Å². The number of rotatable bonds is 7. The second-order valence-electron chi connectivity index (χ2n) is 16.2. The number of amides is 1. The number of carbonyl (C=O) groups is 2. The number of anilines is 2. The number of esters is 1. The fourth-order valence-corrected chi connectivity index (χ4v) is 9.66. The molecule has 6 atom stereocenters. The van der Waals surface area contributed by atoms with Crippen LogP contribution in [0.2, 0.25) is 0 Å². The van der Waals surface area contributed by atoms with Gasteiger partial charge in [0.2, 0.25) is 6.29 Å². The highest BCUT2D eigenvalue weighted by atomic mass is 19.4. The second-order valence-corrected chi connectivity index (χ2v) is 16.2. The number of aromatic nitrogens is 3. The minimum Gasteiger partial charge on any atom is -0.461 e. The third kappa shape index (κ3) is 6.47. The van der Waals surface area contributed by atoms with Gasteiger partial charge in [0.25, 0.3) is 0 Å². The van der Waals surface area contributed by atoms with Crippen LogP contribution in [-0.4, -0.2) is 99.2 Å². The molecule has 0 spiro atoms. The Morgan fingerprint density at radius 2 is 1.81 bits per heavy atom. The maximum atomic E-state index is 17.2. The zero-order chi connectivity index (χ0) is 40.9. The van der Waals surface area contributed by atoms with Crippen molar-refractivity contribution in [3.63, 3.8) is 0 Å². The van der Waals surface area contributed by atoms with Gasteiger partial charge in [0.1, 0.15) is 35.7 Å². The van der Waals surface area contributed by atoms with E-state index in [1.165, 1.54) is 6.92 Å². The van der Waals surface area contributed by atoms with Crippen LogP contribution in [0.15, 0.2) is 12.6 Å². The maximum Gasteiger partial charge on any atom is 0.418 e. The number of fused-ring (bicyclic) bond motifs is 6. The molecule has 2 N–H and O–H groups in total. The number of hydrogen-bond donors (Lipinski definition) is 1. The van der Waals surface area contributed by atoms with Crippen LogP contribution in [0.4, 0.5) is 42.8 Å². The fourth-order valence-electron chi connectivity index (χ4n) is 9.66. The molecule has 0 saturated carbocycles. The fraction of sp³-hybridized carbons (Fsp3) is 0.564. The first-order valence-electron chi connectivity index (χ1n) is 19.1. The number of carbonyl (C=O) groups excluding carboxylic acids is 2. The molecule has 12 nitrogen and oxygen atoms in total. The van der Waals surface area contributed by atoms with E-state index in [0.29, 0.717) is 25.8 Å². The standard InChI is InChI=1S/C39H43F6N7O5/c1-17(2)35(53)56-20(5)57-37(54)52-22-7-8-23(52)24-11-18(3)26-27-33(31(42)28(30(26)41)32-29(39(43,44)45)19(4)12-25(46)47-32)48-36(49-34(27)51(24)15-22)55-16-38-9-6-10-50(38)14-21(40)13-38/h12,17,20-24H,3,6-11,13-16H2,1-2,4-5H3,(H2,46,47)/t20?,21-,22-,23+,24+,38+/m1/s1. The minimum absolute atomic E-state index is 0.0197. The minimum atomic E-state index is -5.07. The first-order valence-corrected chi connectivity index (χ1v) is 19.1. The van der Waals surface area contributed by atoms with Gasteiger partial charge in [0.05, 0.1) is 51.8 Å². The van der Waals surface area contributed by atoms with Gasteiger partial charge < -0.3 is 24.8 Å². The number of halogens is 6. The number of nitrogen functional groups attached to an aromatic ring is 1. The normalized spacial score (nSPS) is 26.1. The van der Waals surface area contributed by atoms with Gasteiger partial charge in [0.15, 0.2) is 5.82 Å². The lowest BCUT2D eigenvalue weighted by Gasteiger charge is -2.46. The predicted molar refractivity (Wildman–Crippen MR) is 196 cm³/mol. The van der Waals surface area contributed by atoms with Crippen molar-refractivity contribution in [2.24, 2.45) is 5.92 Å². The third-order valence-electron chi connectivity index (χ3n) is 12.1. The number of hydrogen-bond acceptors (Lipinski definition) is 11. The summed E-state index contributed by atoms with van der Waals surface area (Å²) < 4.78 is 110. The van der Waals surface area contributed by atoms with Crippen LogP contribution in [0.5, 0.6) is 6.01 Å². The summed E-state index contributed by atoms with van der Waals surface area (Å²) in [6.45, 7) is 11.0. The van der Waals surface area contributed by atoms with E-state index in [2.05, 4.69) is 16.5 Å². The molecular formula is C39H43F6N7O5. The van der Waals surface area contributed by atoms with E-state index in [9.17, 15) is 27.2 Å². The number of piperazine rings is 1. The number of alkyl halides is 4. The molecule has 18 heteroatoms. The average molecular weight is 804 g/mol. The first kappa shape index (κ1) is 39.0. The largest absolute Gasteiger partial charge is 0.461 e. The van der Waals surface area contributed by atoms with Crippen LogP contribution in [0.1, 0.15) is 76.0 Å². The van der Waals surface area contributed by atoms with Crippen molar-refractivity contribution in [1.82, 2.24) is 24.8 Å². The summed E-state index contributed by atoms with van der Waals surface area (Å²) in [5.41, 5.74) is 0.591. The molecule has 1 aromatic carbocycles. The SMILES string of the molecule is C=C1C[C@H]2[C@@H]3CC[C@H](CN2c2nc(OC[C@@]45CCCN4C[C@H](F)C5)nc4c(F)c(-c5nc(N)cc(C)c5C(F)(F)F)c(F)c1c24)N3C(=O)OC(C)OC(=O)C(C)C. The van der Waals surface area contributed by atoms with Gasteiger partial charge in [-0.2, -0.15) is 23.1 Å². The summed E-state index contributed by atoms with van der Waals surface area (Å²) >= 11 is 0. The van der Waals surface area contributed by atoms with Crippen LogP contribution in [0.3, 0.4) is 0 Å². The molecule has 57 heavy (non-hydrogen) atoms. The molecule has 7 heterocycles. The zero-order valence-corrected chi connectivity index (χ0v) is 31.9. The van der Waals surface area contributed by atoms with Crippen molar-refractivity contribution in [3.8, 4) is 17.3 Å². The van der Waals surface area contributed by atoms with Crippen molar-refractivity contribution in [3.05, 3.63) is 41.0 Å². The van der Waals surface area contributed by atoms with Gasteiger partial charge in [-0.15, -0.1) is 0 Å². The Kier molecular flexibility index (Phi) is 9.51. The van der Waals surface area contributed by atoms with Crippen molar-refractivity contribution in [1.29, 1.82) is 0 Å². The van der Waals surface area contributed by atoms with Crippen molar-refractivity contribution < 1.29 is 50.1 Å². The molecule has 5 aliphatic heterocycles. The lowest BCUT2D eigenvalue weighted by molar-refractivity contribution is -0.170. The summed E-state index contributed by atoms with van der Waals surface area (Å²) in [7, 11) is 0. The molecule has 4 fully saturated rings. The van der Waals surface area contributed by atoms with Gasteiger partial charge in [-0.25, -0.2) is 22.9 Å². The van der Waals surface area contributed by atoms with Crippen LogP contribution in [-0.2, 0) is 20.4 Å². The van der Waals surface area contributed by atoms with E-state index < -0.39 is 99.8 Å². The second kappa shape index (κ2) is 13.9. The van der Waals surface area contributed by atoms with Gasteiger partial charge >= 0.3 is 24.2 Å². The van der Waals surface area contributed by atoms with Gasteiger partial charge in [-0.3, -0.25) is 14.6 Å². The Balaban J connectivity index is 1.26. The van der Waals surface area contributed by atoms with Crippen LogP contribution in [0, 0.1) is 24.5 Å². The van der Waals surface area contributed by atoms with Crippen molar-refractivity contribution in [2.45, 2.75) is 109 Å². The van der Waals surface area contributed by atoms with E-state index in [0.717, 1.165) is 19.4 Å². The maximum absolute atomic E-state index is 17.2. The average Bonchev–Trinajstić information content (AvgIpc) is 3.73. The van der Waals surface area contributed by atoms with Crippen LogP contribution < -0.4 is 15.4 Å². The zero-order valence-electron chi connectivity index (χ0n) is 31.9. The van der Waals surface area contributed by atoms with E-state index in [-0.39, 0.29) is 66.7 Å². The lowest BCUT2D eigenvalue weighted by atomic mass is 9.90. The molecule has 3 aromatic rings. The number of ether oxygens (including phenoxy) is 3. The molecule has 2 bridgehead atoms. The van der Waals surface area contributed by atoms with E-state index >= 15 is 8.78 Å². The van der Waals surface area contributed by atoms with Crippen molar-refractivity contribution >= 4 is 40.2 Å². The molecule has 0 radical (unpaired) electrons. The number of benzene rings is 1. The van der Waals surface area contributed by atoms with E-state index in [4.69, 9.17) is 24.9 Å². The molecule has 5 aliphatic rings. The smallest absolute Gasteiger partial charge is 0.418 e. The van der Waals surface area contributed by atoms with Gasteiger partial charge in [-0.05, 0) is 62.8 Å². The van der Waals surface area contributed by atoms with Crippen molar-refractivity contribution in [2.75, 3.05) is 36.9 Å². The number of pyridine rings is 1. The molecule has 2 aromatic heterocycles. The Bertz CT molecular complexity index is 2190. The first-order chi connectivity index (χ1) is 26.9. The number of aryl methyl sites for hydroxylation is 1. The summed E-state index contributed by atoms with van der Waals surface area (Å²) in [5.74, 6) is -4.13. The molecule has 1 unspecified atom stereocenters. The summed E-state index contributed by atoms with van der Waals surface area (Å²) in [6, 6.07) is -1.05. The summed E-state index contributed by atoms with van der Waals surface area (Å²) in [5, 5.41) is -0.127. The van der Waals surface area contributed by atoms with Crippen LogP contribution in [0.25, 0.3) is 27.7 Å². The predicted octanol–water partition coefficient (Wildman–Crippen LogP) is 6.95. The monoisotopic (exact) mass is 803 g/mol. The molecule has 0 aliphatic carbocycles. The summed E-state index contributed by atoms with van der Waals surface area (Å²) in [6.07, 6.45) is -5.42. The molecule has 8 rings (SSSR count). The van der Waals surface area contributed by atoms with Crippen LogP contribution >= 0.6 is 0 Å². The highest BCUT2D eigenvalue weighted by Crippen LogP contribution is 2.51. The number of nitrogens with two attached hydrogens (primary N) is 1. The molecule has 1 amide bonds. The topological polar surface area (TPSA) is 136 Å². The van der Waals surface area contributed by atoms with Gasteiger partial charge in [0, 0.05) is 32.0 Å². The quantitative estimate of drug-likeness (QED) is 0.151. The lowest BCUT2D eigenvalue weighted by Crippen LogP contribution is -2.61. The Morgan fingerprint density at radius 1 is 1.05 bits per heavy atom.